The van der Waals surface area contributed by atoms with Crippen LogP contribution >= 0.6 is 11.3 Å². The standard InChI is InChI=1S/C18H20N2O3S/c21-11-17-16(20-12-19-13-3-5-14(22)6-4-13)9-15(24-17)10-18(23)7-1-2-8-18/h3-6,9,11-12,22-23H,1-2,7-8,10H2,(H,19,20). The van der Waals surface area contributed by atoms with Crippen LogP contribution in [0.15, 0.2) is 35.3 Å². The molecule has 0 aliphatic heterocycles. The van der Waals surface area contributed by atoms with E-state index in [4.69, 9.17) is 0 Å². The third-order valence-electron chi connectivity index (χ3n) is 4.24. The number of carbonyl (C=O) groups is 1. The van der Waals surface area contributed by atoms with Crippen LogP contribution in [-0.2, 0) is 6.42 Å². The number of aromatic hydroxyl groups is 1. The molecule has 5 nitrogen and oxygen atoms in total. The molecule has 0 radical (unpaired) electrons. The van der Waals surface area contributed by atoms with E-state index in [1.165, 1.54) is 17.7 Å². The summed E-state index contributed by atoms with van der Waals surface area (Å²) in [5, 5.41) is 22.8. The summed E-state index contributed by atoms with van der Waals surface area (Å²) in [6, 6.07) is 8.50. The highest BCUT2D eigenvalue weighted by atomic mass is 32.1. The Morgan fingerprint density at radius 1 is 1.25 bits per heavy atom. The van der Waals surface area contributed by atoms with Gasteiger partial charge in [-0.2, -0.15) is 0 Å². The molecule has 1 aromatic heterocycles. The number of carbonyl (C=O) groups excluding carboxylic acids is 1. The first-order valence-electron chi connectivity index (χ1n) is 7.96. The lowest BCUT2D eigenvalue weighted by Crippen LogP contribution is -2.26. The van der Waals surface area contributed by atoms with Crippen LogP contribution in [-0.4, -0.2) is 28.4 Å². The lowest BCUT2D eigenvalue weighted by molar-refractivity contribution is 0.0490. The van der Waals surface area contributed by atoms with E-state index in [1.54, 1.807) is 24.3 Å². The van der Waals surface area contributed by atoms with Gasteiger partial charge in [-0.1, -0.05) is 12.8 Å². The van der Waals surface area contributed by atoms with E-state index < -0.39 is 5.60 Å². The molecule has 3 rings (SSSR count). The van der Waals surface area contributed by atoms with Crippen molar-refractivity contribution in [3.8, 4) is 5.75 Å². The van der Waals surface area contributed by atoms with Gasteiger partial charge in [0, 0.05) is 17.0 Å². The van der Waals surface area contributed by atoms with E-state index in [0.29, 0.717) is 17.0 Å². The van der Waals surface area contributed by atoms with Gasteiger partial charge in [-0.05, 0) is 43.2 Å². The maximum Gasteiger partial charge on any atom is 0.162 e. The lowest BCUT2D eigenvalue weighted by Gasteiger charge is -2.20. The summed E-state index contributed by atoms with van der Waals surface area (Å²) in [5.74, 6) is 0.202. The average Bonchev–Trinajstić information content (AvgIpc) is 3.16. The number of aliphatic hydroxyl groups is 1. The molecule has 0 bridgehead atoms. The number of nitrogens with zero attached hydrogens (tertiary/aromatic N) is 1. The molecule has 0 spiro atoms. The van der Waals surface area contributed by atoms with Gasteiger partial charge in [-0.25, -0.2) is 4.99 Å². The van der Waals surface area contributed by atoms with Crippen molar-refractivity contribution in [2.45, 2.75) is 37.7 Å². The van der Waals surface area contributed by atoms with Crippen LogP contribution in [0.3, 0.4) is 0 Å². The van der Waals surface area contributed by atoms with Gasteiger partial charge in [0.15, 0.2) is 6.29 Å². The molecule has 2 aromatic rings. The van der Waals surface area contributed by atoms with Crippen molar-refractivity contribution in [3.63, 3.8) is 0 Å². The predicted octanol–water partition coefficient (Wildman–Crippen LogP) is 3.89. The van der Waals surface area contributed by atoms with Crippen LogP contribution < -0.4 is 5.32 Å². The summed E-state index contributed by atoms with van der Waals surface area (Å²) in [4.78, 5) is 17.1. The van der Waals surface area contributed by atoms with Crippen molar-refractivity contribution >= 4 is 35.3 Å². The van der Waals surface area contributed by atoms with E-state index in [1.807, 2.05) is 6.07 Å². The zero-order valence-corrected chi connectivity index (χ0v) is 14.1. The van der Waals surface area contributed by atoms with Gasteiger partial charge in [-0.15, -0.1) is 11.3 Å². The van der Waals surface area contributed by atoms with Gasteiger partial charge in [0.25, 0.3) is 0 Å². The van der Waals surface area contributed by atoms with Gasteiger partial charge in [0.05, 0.1) is 22.5 Å². The number of thiophene rings is 1. The van der Waals surface area contributed by atoms with E-state index in [9.17, 15) is 15.0 Å². The molecule has 1 aliphatic carbocycles. The molecule has 0 atom stereocenters. The number of aliphatic imine (C=N–C) groups is 1. The summed E-state index contributed by atoms with van der Waals surface area (Å²) in [6.07, 6.45) is 6.67. The minimum atomic E-state index is -0.629. The predicted molar refractivity (Wildman–Crippen MR) is 96.7 cm³/mol. The number of aldehydes is 1. The Balaban J connectivity index is 1.69. The molecule has 24 heavy (non-hydrogen) atoms. The monoisotopic (exact) mass is 344 g/mol. The largest absolute Gasteiger partial charge is 0.508 e. The van der Waals surface area contributed by atoms with E-state index in [2.05, 4.69) is 10.3 Å². The first kappa shape index (κ1) is 16.7. The SMILES string of the molecule is O=Cc1sc(CC2(O)CCCC2)cc1/N=C\Nc1ccc(O)cc1. The second-order valence-corrected chi connectivity index (χ2v) is 7.31. The Morgan fingerprint density at radius 2 is 1.96 bits per heavy atom. The van der Waals surface area contributed by atoms with E-state index in [-0.39, 0.29) is 5.75 Å². The number of benzene rings is 1. The number of hydrogen-bond donors (Lipinski definition) is 3. The molecule has 126 valence electrons. The summed E-state index contributed by atoms with van der Waals surface area (Å²) < 4.78 is 0. The molecule has 0 amide bonds. The molecule has 1 aromatic carbocycles. The average molecular weight is 344 g/mol. The zero-order valence-electron chi connectivity index (χ0n) is 13.2. The first-order valence-corrected chi connectivity index (χ1v) is 8.78. The normalized spacial score (nSPS) is 16.5. The van der Waals surface area contributed by atoms with Crippen molar-refractivity contribution in [2.24, 2.45) is 4.99 Å². The molecule has 0 unspecified atom stereocenters. The Bertz CT molecular complexity index is 731. The smallest absolute Gasteiger partial charge is 0.162 e. The Hall–Kier alpha value is -2.18. The van der Waals surface area contributed by atoms with Gasteiger partial charge in [0.2, 0.25) is 0 Å². The molecule has 1 fully saturated rings. The maximum atomic E-state index is 11.3. The number of hydrogen-bond acceptors (Lipinski definition) is 5. The number of rotatable bonds is 6. The van der Waals surface area contributed by atoms with E-state index >= 15 is 0 Å². The van der Waals surface area contributed by atoms with E-state index in [0.717, 1.165) is 42.5 Å². The molecule has 0 saturated heterocycles. The molecule has 6 heteroatoms. The number of phenolic OH excluding ortho intramolecular Hbond substituents is 1. The summed E-state index contributed by atoms with van der Waals surface area (Å²) >= 11 is 1.39. The van der Waals surface area contributed by atoms with Crippen molar-refractivity contribution in [3.05, 3.63) is 40.1 Å². The maximum absolute atomic E-state index is 11.3. The molecule has 1 aliphatic rings. The van der Waals surface area contributed by atoms with Gasteiger partial charge >= 0.3 is 0 Å². The van der Waals surface area contributed by atoms with Crippen molar-refractivity contribution < 1.29 is 15.0 Å². The Morgan fingerprint density at radius 3 is 2.62 bits per heavy atom. The van der Waals surface area contributed by atoms with Crippen molar-refractivity contribution in [1.82, 2.24) is 0 Å². The van der Waals surface area contributed by atoms with Gasteiger partial charge < -0.3 is 15.5 Å². The Kier molecular flexibility index (Phi) is 4.97. The molecule has 1 saturated carbocycles. The third kappa shape index (κ3) is 4.01. The summed E-state index contributed by atoms with van der Waals surface area (Å²) in [5.41, 5.74) is 0.772. The number of phenols is 1. The molecule has 3 N–H and O–H groups in total. The third-order valence-corrected chi connectivity index (χ3v) is 5.29. The number of nitrogens with one attached hydrogen (secondary N) is 1. The van der Waals surface area contributed by atoms with Crippen LogP contribution in [0, 0.1) is 0 Å². The first-order chi connectivity index (χ1) is 11.6. The second-order valence-electron chi connectivity index (χ2n) is 6.14. The topological polar surface area (TPSA) is 81.9 Å². The molecular weight excluding hydrogens is 324 g/mol. The summed E-state index contributed by atoms with van der Waals surface area (Å²) in [7, 11) is 0. The lowest BCUT2D eigenvalue weighted by atomic mass is 9.97. The minimum Gasteiger partial charge on any atom is -0.508 e. The fourth-order valence-corrected chi connectivity index (χ4v) is 4.05. The van der Waals surface area contributed by atoms with Crippen LogP contribution in [0.1, 0.15) is 40.2 Å². The highest BCUT2D eigenvalue weighted by Crippen LogP contribution is 2.36. The van der Waals surface area contributed by atoms with Crippen LogP contribution in [0.5, 0.6) is 5.75 Å². The van der Waals surface area contributed by atoms with Crippen molar-refractivity contribution in [1.29, 1.82) is 0 Å². The minimum absolute atomic E-state index is 0.202. The van der Waals surface area contributed by atoms with Crippen LogP contribution in [0.2, 0.25) is 0 Å². The fraction of sp³-hybridized carbons (Fsp3) is 0.333. The highest BCUT2D eigenvalue weighted by molar-refractivity contribution is 7.14. The fourth-order valence-electron chi connectivity index (χ4n) is 2.99. The zero-order chi connectivity index (χ0) is 17.0. The van der Waals surface area contributed by atoms with Gasteiger partial charge in [0.1, 0.15) is 5.75 Å². The Labute approximate surface area is 144 Å². The van der Waals surface area contributed by atoms with Crippen LogP contribution in [0.4, 0.5) is 11.4 Å². The highest BCUT2D eigenvalue weighted by Gasteiger charge is 2.32. The second kappa shape index (κ2) is 7.15. The van der Waals surface area contributed by atoms with Crippen molar-refractivity contribution in [2.75, 3.05) is 5.32 Å². The van der Waals surface area contributed by atoms with Gasteiger partial charge in [-0.3, -0.25) is 4.79 Å². The molecular formula is C18H20N2O3S. The summed E-state index contributed by atoms with van der Waals surface area (Å²) in [6.45, 7) is 0. The van der Waals surface area contributed by atoms with Crippen LogP contribution in [0.25, 0.3) is 0 Å². The molecule has 1 heterocycles. The number of anilines is 1. The quantitative estimate of drug-likeness (QED) is 0.321.